The van der Waals surface area contributed by atoms with Gasteiger partial charge in [-0.25, -0.2) is 4.98 Å². The van der Waals surface area contributed by atoms with Gasteiger partial charge in [0.25, 0.3) is 0 Å². The van der Waals surface area contributed by atoms with E-state index in [1.165, 1.54) is 50.3 Å². The second kappa shape index (κ2) is 12.8. The Morgan fingerprint density at radius 2 is 1.75 bits per heavy atom. The number of hydrogen-bond acceptors (Lipinski definition) is 6. The Balaban J connectivity index is 0.00000280. The number of anilines is 1. The summed E-state index contributed by atoms with van der Waals surface area (Å²) in [6.45, 7) is 13.6. The third kappa shape index (κ3) is 6.98. The van der Waals surface area contributed by atoms with Gasteiger partial charge in [0, 0.05) is 57.2 Å². The fourth-order valence-corrected chi connectivity index (χ4v) is 4.51. The zero-order valence-electron chi connectivity index (χ0n) is 17.4. The first-order valence-corrected chi connectivity index (χ1v) is 11.4. The quantitative estimate of drug-likeness (QED) is 0.353. The Bertz CT molecular complexity index is 579. The lowest BCUT2D eigenvalue weighted by Gasteiger charge is -2.36. The van der Waals surface area contributed by atoms with Crippen molar-refractivity contribution in [1.29, 1.82) is 0 Å². The number of nitrogens with zero attached hydrogens (tertiary/aromatic N) is 6. The van der Waals surface area contributed by atoms with E-state index in [2.05, 4.69) is 43.2 Å². The average molecular weight is 522 g/mol. The van der Waals surface area contributed by atoms with Crippen LogP contribution in [0.1, 0.15) is 45.4 Å². The zero-order chi connectivity index (χ0) is 18.9. The molecule has 160 valence electrons. The number of likely N-dealkylation sites (tertiary alicyclic amines) is 1. The number of aromatic nitrogens is 2. The number of aryl methyl sites for hydroxylation is 1. The Kier molecular flexibility index (Phi) is 10.8. The molecular weight excluding hydrogens is 485 g/mol. The molecule has 1 N–H and O–H groups in total. The smallest absolute Gasteiger partial charge is 0.205 e. The van der Waals surface area contributed by atoms with Gasteiger partial charge in [-0.2, -0.15) is 4.37 Å². The molecule has 0 atom stereocenters. The lowest BCUT2D eigenvalue weighted by molar-refractivity contribution is 0.292. The molecule has 3 heterocycles. The monoisotopic (exact) mass is 521 g/mol. The van der Waals surface area contributed by atoms with Crippen LogP contribution in [0.15, 0.2) is 4.99 Å². The molecule has 2 aliphatic heterocycles. The molecule has 7 nitrogen and oxygen atoms in total. The molecule has 0 aromatic carbocycles. The van der Waals surface area contributed by atoms with E-state index in [1.54, 1.807) is 0 Å². The molecule has 1 aromatic heterocycles. The van der Waals surface area contributed by atoms with Crippen LogP contribution in [0.2, 0.25) is 0 Å². The van der Waals surface area contributed by atoms with Crippen molar-refractivity contribution >= 4 is 46.6 Å². The van der Waals surface area contributed by atoms with Crippen molar-refractivity contribution in [3.8, 4) is 0 Å². The number of guanidine groups is 1. The van der Waals surface area contributed by atoms with E-state index in [-0.39, 0.29) is 24.0 Å². The maximum absolute atomic E-state index is 4.92. The van der Waals surface area contributed by atoms with Crippen molar-refractivity contribution in [2.24, 2.45) is 4.99 Å². The van der Waals surface area contributed by atoms with Gasteiger partial charge in [0.05, 0.1) is 6.54 Å². The Hall–Kier alpha value is -0.680. The van der Waals surface area contributed by atoms with E-state index in [0.717, 1.165) is 69.1 Å². The van der Waals surface area contributed by atoms with Gasteiger partial charge in [-0.1, -0.05) is 19.8 Å². The van der Waals surface area contributed by atoms with Crippen LogP contribution in [0.25, 0.3) is 0 Å². The van der Waals surface area contributed by atoms with Gasteiger partial charge in [-0.15, -0.1) is 24.0 Å². The molecule has 3 rings (SSSR count). The van der Waals surface area contributed by atoms with Crippen molar-refractivity contribution in [1.82, 2.24) is 24.5 Å². The van der Waals surface area contributed by atoms with E-state index in [1.807, 2.05) is 0 Å². The summed E-state index contributed by atoms with van der Waals surface area (Å²) in [4.78, 5) is 16.9. The molecule has 0 aliphatic carbocycles. The lowest BCUT2D eigenvalue weighted by Crippen LogP contribution is -2.52. The maximum atomic E-state index is 4.92. The highest BCUT2D eigenvalue weighted by molar-refractivity contribution is 14.0. The molecule has 28 heavy (non-hydrogen) atoms. The summed E-state index contributed by atoms with van der Waals surface area (Å²) in [7, 11) is 0. The highest BCUT2D eigenvalue weighted by atomic mass is 127. The first kappa shape index (κ1) is 23.6. The van der Waals surface area contributed by atoms with Gasteiger partial charge < -0.3 is 20.0 Å². The molecule has 1 aromatic rings. The van der Waals surface area contributed by atoms with Crippen LogP contribution in [-0.4, -0.2) is 84.0 Å². The average Bonchev–Trinajstić information content (AvgIpc) is 3.04. The number of aliphatic imine (C=N–C) groups is 1. The minimum atomic E-state index is 0. The highest BCUT2D eigenvalue weighted by Crippen LogP contribution is 2.19. The summed E-state index contributed by atoms with van der Waals surface area (Å²) in [5, 5.41) is 4.55. The lowest BCUT2D eigenvalue weighted by atomic mass is 10.2. The molecule has 9 heteroatoms. The molecular formula is C19H36IN7S. The molecule has 0 amide bonds. The highest BCUT2D eigenvalue weighted by Gasteiger charge is 2.22. The fourth-order valence-electron chi connectivity index (χ4n) is 3.71. The van der Waals surface area contributed by atoms with Gasteiger partial charge in [0.2, 0.25) is 5.13 Å². The Morgan fingerprint density at radius 3 is 2.36 bits per heavy atom. The van der Waals surface area contributed by atoms with Gasteiger partial charge in [0.15, 0.2) is 5.96 Å². The number of piperazine rings is 1. The first-order valence-electron chi connectivity index (χ1n) is 10.6. The second-order valence-corrected chi connectivity index (χ2v) is 8.04. The normalized spacial score (nSPS) is 19.3. The minimum Gasteiger partial charge on any atom is -0.357 e. The second-order valence-electron chi connectivity index (χ2n) is 7.31. The molecule has 0 radical (unpaired) electrons. The number of hydrogen-bond donors (Lipinski definition) is 1. The van der Waals surface area contributed by atoms with E-state index in [9.17, 15) is 0 Å². The van der Waals surface area contributed by atoms with Gasteiger partial charge in [-0.3, -0.25) is 4.99 Å². The SMILES string of the molecule is CCNC(=NCCN1CCCCCC1)N1CCN(c2nc(CC)ns2)CC1.I. The van der Waals surface area contributed by atoms with E-state index < -0.39 is 0 Å². The third-order valence-electron chi connectivity index (χ3n) is 5.33. The molecule has 2 fully saturated rings. The molecule has 0 bridgehead atoms. The van der Waals surface area contributed by atoms with E-state index in [4.69, 9.17) is 4.99 Å². The Labute approximate surface area is 191 Å². The van der Waals surface area contributed by atoms with Crippen LogP contribution in [-0.2, 0) is 6.42 Å². The molecule has 2 saturated heterocycles. The van der Waals surface area contributed by atoms with Crippen LogP contribution in [0.4, 0.5) is 5.13 Å². The summed E-state index contributed by atoms with van der Waals surface area (Å²) in [6.07, 6.45) is 6.38. The van der Waals surface area contributed by atoms with Crippen LogP contribution in [0, 0.1) is 0 Å². The largest absolute Gasteiger partial charge is 0.357 e. The van der Waals surface area contributed by atoms with E-state index >= 15 is 0 Å². The summed E-state index contributed by atoms with van der Waals surface area (Å²) in [6, 6.07) is 0. The van der Waals surface area contributed by atoms with Gasteiger partial charge >= 0.3 is 0 Å². The van der Waals surface area contributed by atoms with Crippen molar-refractivity contribution < 1.29 is 0 Å². The van der Waals surface area contributed by atoms with Crippen LogP contribution in [0.5, 0.6) is 0 Å². The molecule has 0 saturated carbocycles. The topological polar surface area (TPSA) is 59.9 Å². The minimum absolute atomic E-state index is 0. The Morgan fingerprint density at radius 1 is 1.04 bits per heavy atom. The van der Waals surface area contributed by atoms with Crippen molar-refractivity contribution in [2.75, 3.05) is 63.8 Å². The number of halogens is 1. The van der Waals surface area contributed by atoms with Crippen LogP contribution < -0.4 is 10.2 Å². The predicted molar refractivity (Wildman–Crippen MR) is 129 cm³/mol. The first-order chi connectivity index (χ1) is 13.3. The van der Waals surface area contributed by atoms with Crippen LogP contribution >= 0.6 is 35.5 Å². The summed E-state index contributed by atoms with van der Waals surface area (Å²) >= 11 is 1.53. The molecule has 0 unspecified atom stereocenters. The summed E-state index contributed by atoms with van der Waals surface area (Å²) in [5.41, 5.74) is 0. The van der Waals surface area contributed by atoms with Crippen molar-refractivity contribution in [3.05, 3.63) is 5.82 Å². The summed E-state index contributed by atoms with van der Waals surface area (Å²) in [5.74, 6) is 2.03. The van der Waals surface area contributed by atoms with Crippen LogP contribution in [0.3, 0.4) is 0 Å². The number of nitrogens with one attached hydrogen (secondary N) is 1. The summed E-state index contributed by atoms with van der Waals surface area (Å²) < 4.78 is 4.42. The zero-order valence-corrected chi connectivity index (χ0v) is 20.5. The van der Waals surface area contributed by atoms with Crippen molar-refractivity contribution in [3.63, 3.8) is 0 Å². The van der Waals surface area contributed by atoms with Crippen molar-refractivity contribution in [2.45, 2.75) is 46.0 Å². The third-order valence-corrected chi connectivity index (χ3v) is 6.15. The standard InChI is InChI=1S/C19H35N7S.HI/c1-3-17-22-19(27-23-17)26-15-13-25(14-16-26)18(20-4-2)21-9-12-24-10-7-5-6-8-11-24;/h3-16H2,1-2H3,(H,20,21);1H. The van der Waals surface area contributed by atoms with Gasteiger partial charge in [0.1, 0.15) is 5.82 Å². The maximum Gasteiger partial charge on any atom is 0.205 e. The van der Waals surface area contributed by atoms with E-state index in [0.29, 0.717) is 0 Å². The fraction of sp³-hybridized carbons (Fsp3) is 0.842. The molecule has 0 spiro atoms. The molecule has 2 aliphatic rings. The predicted octanol–water partition coefficient (Wildman–Crippen LogP) is 2.68. The number of rotatable bonds is 6. The van der Waals surface area contributed by atoms with Gasteiger partial charge in [-0.05, 0) is 32.9 Å².